The summed E-state index contributed by atoms with van der Waals surface area (Å²) in [6.45, 7) is 4.10. The number of carbonyl (C=O) groups excluding carboxylic acids is 1. The Labute approximate surface area is 71.2 Å². The van der Waals surface area contributed by atoms with E-state index in [1.54, 1.807) is 0 Å². The molecule has 0 radical (unpaired) electrons. The van der Waals surface area contributed by atoms with E-state index < -0.39 is 0 Å². The number of aryl methyl sites for hydroxylation is 2. The van der Waals surface area contributed by atoms with E-state index in [0.717, 1.165) is 22.4 Å². The fraction of sp³-hybridized carbons (Fsp3) is 0.300. The molecule has 2 nitrogen and oxygen atoms in total. The van der Waals surface area contributed by atoms with Crippen LogP contribution in [0.3, 0.4) is 0 Å². The molecule has 1 aliphatic rings. The van der Waals surface area contributed by atoms with Crippen LogP contribution in [0.25, 0.3) is 0 Å². The van der Waals surface area contributed by atoms with E-state index in [4.69, 9.17) is 4.74 Å². The lowest BCUT2D eigenvalue weighted by molar-refractivity contribution is 0.0960. The summed E-state index contributed by atoms with van der Waals surface area (Å²) >= 11 is 0. The number of hydrogen-bond acceptors (Lipinski definition) is 2. The molecular formula is C10H10O2. The van der Waals surface area contributed by atoms with E-state index in [0.29, 0.717) is 0 Å². The molecule has 0 saturated carbocycles. The summed E-state index contributed by atoms with van der Waals surface area (Å²) in [6.07, 6.45) is 0. The summed E-state index contributed by atoms with van der Waals surface area (Å²) < 4.78 is 5.27. The van der Waals surface area contributed by atoms with Gasteiger partial charge in [0.05, 0.1) is 5.56 Å². The third kappa shape index (κ3) is 0.843. The van der Waals surface area contributed by atoms with Gasteiger partial charge in [-0.15, -0.1) is 0 Å². The fourth-order valence-electron chi connectivity index (χ4n) is 1.53. The molecule has 0 bridgehead atoms. The maximum absolute atomic E-state index is 11.3. The topological polar surface area (TPSA) is 26.3 Å². The maximum Gasteiger partial charge on any atom is 0.204 e. The standard InChI is InChI=1S/C10H10O2/c1-6-3-4-7(2)10-9(6)8(11)5-12-10/h3-4H,5H2,1-2H3. The van der Waals surface area contributed by atoms with Crippen molar-refractivity contribution in [2.24, 2.45) is 0 Å². The number of Topliss-reactive ketones (excluding diaryl/α,β-unsaturated/α-hetero) is 1. The second kappa shape index (κ2) is 2.34. The molecule has 0 amide bonds. The van der Waals surface area contributed by atoms with Crippen LogP contribution >= 0.6 is 0 Å². The van der Waals surface area contributed by atoms with Crippen molar-refractivity contribution in [2.75, 3.05) is 6.61 Å². The van der Waals surface area contributed by atoms with Crippen LogP contribution in [-0.4, -0.2) is 12.4 Å². The van der Waals surface area contributed by atoms with Gasteiger partial charge in [0.25, 0.3) is 0 Å². The van der Waals surface area contributed by atoms with Crippen LogP contribution in [0.1, 0.15) is 21.5 Å². The van der Waals surface area contributed by atoms with Crippen molar-refractivity contribution in [3.8, 4) is 5.75 Å². The van der Waals surface area contributed by atoms with Crippen molar-refractivity contribution in [3.63, 3.8) is 0 Å². The quantitative estimate of drug-likeness (QED) is 0.582. The van der Waals surface area contributed by atoms with E-state index in [-0.39, 0.29) is 12.4 Å². The van der Waals surface area contributed by atoms with E-state index in [2.05, 4.69) is 0 Å². The minimum Gasteiger partial charge on any atom is -0.484 e. The number of benzene rings is 1. The number of fused-ring (bicyclic) bond motifs is 1. The van der Waals surface area contributed by atoms with Gasteiger partial charge in [-0.3, -0.25) is 4.79 Å². The van der Waals surface area contributed by atoms with Crippen molar-refractivity contribution in [1.82, 2.24) is 0 Å². The highest BCUT2D eigenvalue weighted by atomic mass is 16.5. The Kier molecular flexibility index (Phi) is 1.43. The molecule has 12 heavy (non-hydrogen) atoms. The molecule has 1 aliphatic heterocycles. The Morgan fingerprint density at radius 2 is 1.92 bits per heavy atom. The smallest absolute Gasteiger partial charge is 0.204 e. The van der Waals surface area contributed by atoms with Crippen LogP contribution in [0.5, 0.6) is 5.75 Å². The lowest BCUT2D eigenvalue weighted by atomic mass is 10.0. The summed E-state index contributed by atoms with van der Waals surface area (Å²) in [6, 6.07) is 3.94. The summed E-state index contributed by atoms with van der Waals surface area (Å²) in [5, 5.41) is 0. The van der Waals surface area contributed by atoms with Gasteiger partial charge in [-0.05, 0) is 25.0 Å². The number of ketones is 1. The van der Waals surface area contributed by atoms with Crippen molar-refractivity contribution < 1.29 is 9.53 Å². The van der Waals surface area contributed by atoms with Gasteiger partial charge in [-0.25, -0.2) is 0 Å². The van der Waals surface area contributed by atoms with Crippen LogP contribution in [0.2, 0.25) is 0 Å². The Balaban J connectivity index is 2.72. The Morgan fingerprint density at radius 1 is 1.25 bits per heavy atom. The molecular weight excluding hydrogens is 152 g/mol. The molecule has 0 fully saturated rings. The lowest BCUT2D eigenvalue weighted by Gasteiger charge is -2.03. The molecule has 2 rings (SSSR count). The molecule has 1 heterocycles. The highest BCUT2D eigenvalue weighted by Gasteiger charge is 2.24. The van der Waals surface area contributed by atoms with Crippen LogP contribution in [0, 0.1) is 13.8 Å². The Morgan fingerprint density at radius 3 is 2.58 bits per heavy atom. The zero-order valence-corrected chi connectivity index (χ0v) is 7.18. The zero-order chi connectivity index (χ0) is 8.72. The highest BCUT2D eigenvalue weighted by molar-refractivity contribution is 6.03. The van der Waals surface area contributed by atoms with Crippen LogP contribution < -0.4 is 4.74 Å². The molecule has 1 aromatic rings. The normalized spacial score (nSPS) is 14.3. The van der Waals surface area contributed by atoms with E-state index in [1.807, 2.05) is 26.0 Å². The second-order valence-corrected chi connectivity index (χ2v) is 3.12. The highest BCUT2D eigenvalue weighted by Crippen LogP contribution is 2.31. The minimum absolute atomic E-state index is 0.103. The fourth-order valence-corrected chi connectivity index (χ4v) is 1.53. The predicted octanol–water partition coefficient (Wildman–Crippen LogP) is 1.88. The van der Waals surface area contributed by atoms with Crippen LogP contribution in [0.4, 0.5) is 0 Å². The first-order valence-corrected chi connectivity index (χ1v) is 3.96. The minimum atomic E-state index is 0.103. The molecule has 1 aromatic carbocycles. The SMILES string of the molecule is Cc1ccc(C)c2c1OCC2=O. The van der Waals surface area contributed by atoms with Gasteiger partial charge in [-0.1, -0.05) is 12.1 Å². The largest absolute Gasteiger partial charge is 0.484 e. The van der Waals surface area contributed by atoms with E-state index >= 15 is 0 Å². The average Bonchev–Trinajstić information content (AvgIpc) is 2.42. The second-order valence-electron chi connectivity index (χ2n) is 3.12. The molecule has 0 saturated heterocycles. The van der Waals surface area contributed by atoms with Crippen molar-refractivity contribution in [3.05, 3.63) is 28.8 Å². The number of hydrogen-bond donors (Lipinski definition) is 0. The van der Waals surface area contributed by atoms with Gasteiger partial charge in [0.1, 0.15) is 5.75 Å². The molecule has 0 unspecified atom stereocenters. The molecule has 0 aromatic heterocycles. The first-order valence-electron chi connectivity index (χ1n) is 3.96. The number of carbonyl (C=O) groups is 1. The van der Waals surface area contributed by atoms with Crippen molar-refractivity contribution in [2.45, 2.75) is 13.8 Å². The summed E-state index contributed by atoms with van der Waals surface area (Å²) in [5.74, 6) is 0.881. The van der Waals surface area contributed by atoms with Crippen molar-refractivity contribution in [1.29, 1.82) is 0 Å². The van der Waals surface area contributed by atoms with Gasteiger partial charge in [0.15, 0.2) is 6.61 Å². The van der Waals surface area contributed by atoms with Gasteiger partial charge in [-0.2, -0.15) is 0 Å². The monoisotopic (exact) mass is 162 g/mol. The first-order chi connectivity index (χ1) is 5.70. The number of rotatable bonds is 0. The summed E-state index contributed by atoms with van der Waals surface area (Å²) in [5.41, 5.74) is 2.83. The van der Waals surface area contributed by atoms with Crippen LogP contribution in [0.15, 0.2) is 12.1 Å². The molecule has 0 spiro atoms. The Hall–Kier alpha value is -1.31. The van der Waals surface area contributed by atoms with Gasteiger partial charge in [0.2, 0.25) is 5.78 Å². The third-order valence-electron chi connectivity index (χ3n) is 2.19. The average molecular weight is 162 g/mol. The van der Waals surface area contributed by atoms with Crippen LogP contribution in [-0.2, 0) is 0 Å². The third-order valence-corrected chi connectivity index (χ3v) is 2.19. The predicted molar refractivity (Wildman–Crippen MR) is 45.7 cm³/mol. The molecule has 62 valence electrons. The first kappa shape index (κ1) is 7.35. The summed E-state index contributed by atoms with van der Waals surface area (Å²) in [4.78, 5) is 11.3. The van der Waals surface area contributed by atoms with Gasteiger partial charge in [0, 0.05) is 0 Å². The Bertz CT molecular complexity index is 353. The molecule has 2 heteroatoms. The lowest BCUT2D eigenvalue weighted by Crippen LogP contribution is -2.00. The molecule has 0 N–H and O–H groups in total. The van der Waals surface area contributed by atoms with Crippen molar-refractivity contribution >= 4 is 5.78 Å². The summed E-state index contributed by atoms with van der Waals surface area (Å²) in [7, 11) is 0. The molecule has 0 aliphatic carbocycles. The number of ether oxygens (including phenoxy) is 1. The molecule has 0 atom stereocenters. The van der Waals surface area contributed by atoms with E-state index in [1.165, 1.54) is 0 Å². The maximum atomic E-state index is 11.3. The zero-order valence-electron chi connectivity index (χ0n) is 7.18. The van der Waals surface area contributed by atoms with Gasteiger partial charge >= 0.3 is 0 Å². The van der Waals surface area contributed by atoms with E-state index in [9.17, 15) is 4.79 Å². The van der Waals surface area contributed by atoms with Gasteiger partial charge < -0.3 is 4.74 Å².